The number of hydrogen-bond donors (Lipinski definition) is 0. The van der Waals surface area contributed by atoms with Gasteiger partial charge in [0.25, 0.3) is 0 Å². The van der Waals surface area contributed by atoms with Gasteiger partial charge in [0.1, 0.15) is 23.0 Å². The Morgan fingerprint density at radius 3 is 0.926 bits per heavy atom. The summed E-state index contributed by atoms with van der Waals surface area (Å²) in [6.07, 6.45) is 3.55. The van der Waals surface area contributed by atoms with Gasteiger partial charge in [-0.05, 0) is 95.9 Å². The average Bonchev–Trinajstić information content (AvgIpc) is 3.14. The molecule has 0 aliphatic rings. The molecule has 294 valence electrons. The first-order valence-corrected chi connectivity index (χ1v) is 23.1. The second-order valence-electron chi connectivity index (χ2n) is 16.2. The summed E-state index contributed by atoms with van der Waals surface area (Å²) < 4.78 is 54.5. The highest BCUT2D eigenvalue weighted by atomic mass is 33.1. The molecular weight excluding hydrogens is 757 g/mol. The summed E-state index contributed by atoms with van der Waals surface area (Å²) in [7, 11) is -2.33. The lowest BCUT2D eigenvalue weighted by molar-refractivity contribution is 0.402. The summed E-state index contributed by atoms with van der Waals surface area (Å²) >= 11 is 0. The Morgan fingerprint density at radius 2 is 0.685 bits per heavy atom. The third kappa shape index (κ3) is 11.1. The van der Waals surface area contributed by atoms with E-state index >= 15 is 8.39 Å². The monoisotopic (exact) mass is 814 g/mol. The summed E-state index contributed by atoms with van der Waals surface area (Å²) in [5.41, 5.74) is 3.21. The first-order valence-electron chi connectivity index (χ1n) is 18.8. The predicted molar refractivity (Wildman–Crippen MR) is 229 cm³/mol. The Morgan fingerprint density at radius 1 is 0.426 bits per heavy atom. The second-order valence-corrected chi connectivity index (χ2v) is 20.1. The number of halogens is 2. The van der Waals surface area contributed by atoms with E-state index in [9.17, 15) is 0 Å². The van der Waals surface area contributed by atoms with E-state index in [4.69, 9.17) is 18.1 Å². The lowest BCUT2D eigenvalue weighted by Gasteiger charge is -2.32. The predicted octanol–water partition coefficient (Wildman–Crippen LogP) is 16.5. The molecule has 4 rings (SSSR count). The van der Waals surface area contributed by atoms with E-state index in [0.717, 1.165) is 57.7 Å². The van der Waals surface area contributed by atoms with Crippen LogP contribution in [-0.2, 0) is 21.7 Å². The van der Waals surface area contributed by atoms with E-state index in [1.54, 1.807) is 45.9 Å². The van der Waals surface area contributed by atoms with E-state index in [0.29, 0.717) is 23.0 Å². The van der Waals surface area contributed by atoms with Crippen LogP contribution in [0.3, 0.4) is 0 Å². The van der Waals surface area contributed by atoms with E-state index in [1.807, 2.05) is 60.7 Å². The normalized spacial score (nSPS) is 13.7. The van der Waals surface area contributed by atoms with E-state index < -0.39 is 17.4 Å². The van der Waals surface area contributed by atoms with Crippen LogP contribution in [-0.4, -0.2) is 0 Å². The molecule has 0 fully saturated rings. The third-order valence-corrected chi connectivity index (χ3v) is 14.8. The number of hydrogen-bond acceptors (Lipinski definition) is 6. The summed E-state index contributed by atoms with van der Waals surface area (Å²) in [5.74, 6) is 1.98. The third-order valence-electron chi connectivity index (χ3n) is 11.0. The highest BCUT2D eigenvalue weighted by molar-refractivity contribution is 8.76. The fourth-order valence-electron chi connectivity index (χ4n) is 5.72. The molecular formula is C44H58F2O4P2S2. The topological polar surface area (TPSA) is 36.9 Å². The largest absolute Gasteiger partial charge is 0.505 e. The number of rotatable bonds is 19. The van der Waals surface area contributed by atoms with Crippen LogP contribution >= 0.6 is 39.0 Å². The van der Waals surface area contributed by atoms with Crippen molar-refractivity contribution in [3.05, 3.63) is 107 Å². The maximum Gasteiger partial charge on any atom is 0.505 e. The fourth-order valence-corrected chi connectivity index (χ4v) is 8.98. The molecule has 0 aromatic heterocycles. The molecule has 4 aromatic rings. The molecule has 4 aromatic carbocycles. The molecule has 0 saturated carbocycles. The summed E-state index contributed by atoms with van der Waals surface area (Å²) in [6.45, 7) is 25.8. The standard InChI is InChI=1S/C44H58F2O4P2S2/c1-13-41(5,6)35-19-17-20-36(42(7,8)14-2)39(35)49-51(45)47-31-23-27-33(28-24-31)53-54-34-29-25-32(26-30-34)48-52(46)50-40-37(43(9,10)15-3)21-18-22-38(40)44(11,12)16-4/h17-30H,13-16H2,1-12H3. The van der Waals surface area contributed by atoms with Gasteiger partial charge in [-0.2, -0.15) is 0 Å². The van der Waals surface area contributed by atoms with Gasteiger partial charge >= 0.3 is 17.4 Å². The van der Waals surface area contributed by atoms with Crippen molar-refractivity contribution >= 4 is 39.0 Å². The van der Waals surface area contributed by atoms with Gasteiger partial charge in [-0.25, -0.2) is 0 Å². The number of benzene rings is 4. The lowest BCUT2D eigenvalue weighted by Crippen LogP contribution is -2.22. The highest BCUT2D eigenvalue weighted by Crippen LogP contribution is 2.52. The fraction of sp³-hybridized carbons (Fsp3) is 0.455. The van der Waals surface area contributed by atoms with Gasteiger partial charge in [-0.3, -0.25) is 0 Å². The van der Waals surface area contributed by atoms with Crippen LogP contribution in [0.25, 0.3) is 0 Å². The molecule has 0 spiro atoms. The maximum atomic E-state index is 15.5. The van der Waals surface area contributed by atoms with Gasteiger partial charge in [0.2, 0.25) is 0 Å². The van der Waals surface area contributed by atoms with Crippen LogP contribution in [0.1, 0.15) is 131 Å². The Hall–Kier alpha value is -2.50. The summed E-state index contributed by atoms with van der Waals surface area (Å²) in [4.78, 5) is 1.94. The first-order chi connectivity index (χ1) is 25.4. The molecule has 0 aliphatic heterocycles. The summed E-state index contributed by atoms with van der Waals surface area (Å²) in [6, 6.07) is 26.8. The zero-order chi connectivity index (χ0) is 39.9. The van der Waals surface area contributed by atoms with Gasteiger partial charge in [0, 0.05) is 32.0 Å². The highest BCUT2D eigenvalue weighted by Gasteiger charge is 2.34. The van der Waals surface area contributed by atoms with Crippen LogP contribution in [0, 0.1) is 0 Å². The van der Waals surface area contributed by atoms with Gasteiger partial charge in [0.05, 0.1) is 0 Å². The van der Waals surface area contributed by atoms with Crippen molar-refractivity contribution in [2.45, 2.75) is 140 Å². The molecule has 0 amide bonds. The SMILES string of the molecule is CCC(C)(C)c1cccc(C(C)(C)CC)c1OP(F)Oc1ccc(SSc2ccc(OP(F)Oc3c(C(C)(C)CC)cccc3C(C)(C)CC)cc2)cc1. The smallest absolute Gasteiger partial charge is 0.415 e. The molecule has 2 unspecified atom stereocenters. The van der Waals surface area contributed by atoms with Crippen LogP contribution in [0.2, 0.25) is 0 Å². The zero-order valence-electron chi connectivity index (χ0n) is 34.0. The van der Waals surface area contributed by atoms with E-state index in [-0.39, 0.29) is 21.7 Å². The second kappa shape index (κ2) is 18.6. The zero-order valence-corrected chi connectivity index (χ0v) is 37.4. The Balaban J connectivity index is 1.37. The van der Waals surface area contributed by atoms with E-state index in [1.165, 1.54) is 0 Å². The van der Waals surface area contributed by atoms with Crippen molar-refractivity contribution in [1.82, 2.24) is 0 Å². The Kier molecular flexibility index (Phi) is 15.3. The average molecular weight is 815 g/mol. The molecule has 54 heavy (non-hydrogen) atoms. The van der Waals surface area contributed by atoms with Crippen molar-refractivity contribution < 1.29 is 26.5 Å². The molecule has 4 nitrogen and oxygen atoms in total. The minimum absolute atomic E-state index is 0.186. The van der Waals surface area contributed by atoms with Crippen molar-refractivity contribution in [3.63, 3.8) is 0 Å². The van der Waals surface area contributed by atoms with Gasteiger partial charge in [0.15, 0.2) is 0 Å². The summed E-state index contributed by atoms with van der Waals surface area (Å²) in [5, 5.41) is 0. The van der Waals surface area contributed by atoms with Crippen LogP contribution in [0.5, 0.6) is 23.0 Å². The van der Waals surface area contributed by atoms with Crippen LogP contribution in [0.4, 0.5) is 8.39 Å². The Labute approximate surface area is 334 Å². The van der Waals surface area contributed by atoms with Gasteiger partial charge < -0.3 is 18.1 Å². The lowest BCUT2D eigenvalue weighted by atomic mass is 9.76. The Bertz CT molecular complexity index is 1610. The first kappa shape index (κ1) is 44.2. The van der Waals surface area contributed by atoms with Crippen molar-refractivity contribution in [3.8, 4) is 23.0 Å². The van der Waals surface area contributed by atoms with Gasteiger partial charge in [-0.1, -0.05) is 141 Å². The molecule has 0 aliphatic carbocycles. The molecule has 0 heterocycles. The molecule has 0 radical (unpaired) electrons. The number of para-hydroxylation sites is 2. The van der Waals surface area contributed by atoms with Crippen LogP contribution < -0.4 is 18.1 Å². The minimum Gasteiger partial charge on any atom is -0.415 e. The molecule has 0 N–H and O–H groups in total. The molecule has 10 heteroatoms. The van der Waals surface area contributed by atoms with Crippen molar-refractivity contribution in [2.75, 3.05) is 0 Å². The minimum atomic E-state index is -2.72. The maximum absolute atomic E-state index is 15.5. The quantitative estimate of drug-likeness (QED) is 0.0693. The molecule has 0 saturated heterocycles. The van der Waals surface area contributed by atoms with Crippen molar-refractivity contribution in [1.29, 1.82) is 0 Å². The van der Waals surface area contributed by atoms with Gasteiger partial charge in [-0.15, -0.1) is 8.39 Å². The van der Waals surface area contributed by atoms with Crippen molar-refractivity contribution in [2.24, 2.45) is 0 Å². The molecule has 0 bridgehead atoms. The van der Waals surface area contributed by atoms with Crippen LogP contribution in [0.15, 0.2) is 94.7 Å². The van der Waals surface area contributed by atoms with E-state index in [2.05, 4.69) is 83.1 Å². The molecule has 2 atom stereocenters.